The highest BCUT2D eigenvalue weighted by molar-refractivity contribution is 5.37. The SMILES string of the molecule is NCCCCCNc1cn([C@@H]2O[C@H](CO)[C@@H](O)[C@H]2O)c(=O)[nH]c1=O. The number of unbranched alkanes of at least 4 members (excludes halogenated alkanes) is 2. The summed E-state index contributed by atoms with van der Waals surface area (Å²) in [6.45, 7) is 0.632. The van der Waals surface area contributed by atoms with Gasteiger partial charge in [0.05, 0.1) is 6.61 Å². The number of hydrogen-bond acceptors (Lipinski definition) is 8. The van der Waals surface area contributed by atoms with Gasteiger partial charge < -0.3 is 31.1 Å². The second-order valence-corrected chi connectivity index (χ2v) is 5.71. The number of aliphatic hydroxyl groups excluding tert-OH is 3. The number of rotatable bonds is 8. The van der Waals surface area contributed by atoms with Crippen LogP contribution in [0.1, 0.15) is 25.5 Å². The number of aromatic nitrogens is 2. The summed E-state index contributed by atoms with van der Waals surface area (Å²) in [5.74, 6) is 0. The molecule has 0 radical (unpaired) electrons. The van der Waals surface area contributed by atoms with E-state index in [1.165, 1.54) is 6.20 Å². The van der Waals surface area contributed by atoms with Gasteiger partial charge in [0.2, 0.25) is 0 Å². The summed E-state index contributed by atoms with van der Waals surface area (Å²) >= 11 is 0. The van der Waals surface area contributed by atoms with Crippen LogP contribution in [0.15, 0.2) is 15.8 Å². The minimum Gasteiger partial charge on any atom is -0.394 e. The van der Waals surface area contributed by atoms with E-state index < -0.39 is 42.4 Å². The highest BCUT2D eigenvalue weighted by Crippen LogP contribution is 2.28. The molecule has 4 atom stereocenters. The van der Waals surface area contributed by atoms with E-state index in [2.05, 4.69) is 10.3 Å². The Kier molecular flexibility index (Phi) is 6.52. The van der Waals surface area contributed by atoms with Gasteiger partial charge in [-0.3, -0.25) is 14.3 Å². The maximum Gasteiger partial charge on any atom is 0.330 e. The average Bonchev–Trinajstić information content (AvgIpc) is 2.84. The predicted molar refractivity (Wildman–Crippen MR) is 85.7 cm³/mol. The van der Waals surface area contributed by atoms with E-state index in [1.54, 1.807) is 0 Å². The van der Waals surface area contributed by atoms with Crippen molar-refractivity contribution in [1.82, 2.24) is 9.55 Å². The molecule has 1 saturated heterocycles. The number of nitrogens with zero attached hydrogens (tertiary/aromatic N) is 1. The van der Waals surface area contributed by atoms with E-state index in [9.17, 15) is 19.8 Å². The van der Waals surface area contributed by atoms with Crippen molar-refractivity contribution in [1.29, 1.82) is 0 Å². The Morgan fingerprint density at radius 2 is 2.00 bits per heavy atom. The first-order valence-corrected chi connectivity index (χ1v) is 7.91. The van der Waals surface area contributed by atoms with Crippen LogP contribution in [0.4, 0.5) is 5.69 Å². The molecule has 1 aromatic rings. The molecule has 1 fully saturated rings. The lowest BCUT2D eigenvalue weighted by Crippen LogP contribution is -2.38. The molecule has 0 unspecified atom stereocenters. The molecular weight excluding hydrogens is 320 g/mol. The molecule has 10 nitrogen and oxygen atoms in total. The molecule has 1 aromatic heterocycles. The van der Waals surface area contributed by atoms with Crippen LogP contribution < -0.4 is 22.3 Å². The highest BCUT2D eigenvalue weighted by Gasteiger charge is 2.43. The minimum absolute atomic E-state index is 0.153. The van der Waals surface area contributed by atoms with Crippen LogP contribution in [0.3, 0.4) is 0 Å². The molecule has 0 amide bonds. The molecule has 2 heterocycles. The smallest absolute Gasteiger partial charge is 0.330 e. The van der Waals surface area contributed by atoms with Crippen LogP contribution in [0.25, 0.3) is 0 Å². The van der Waals surface area contributed by atoms with Gasteiger partial charge in [-0.05, 0) is 19.4 Å². The fourth-order valence-electron chi connectivity index (χ4n) is 2.58. The highest BCUT2D eigenvalue weighted by atomic mass is 16.6. The Bertz CT molecular complexity index is 645. The van der Waals surface area contributed by atoms with Crippen molar-refractivity contribution in [3.8, 4) is 0 Å². The molecule has 0 aromatic carbocycles. The molecule has 7 N–H and O–H groups in total. The first kappa shape index (κ1) is 18.6. The molecule has 10 heteroatoms. The maximum absolute atomic E-state index is 12.0. The number of ether oxygens (including phenoxy) is 1. The summed E-state index contributed by atoms with van der Waals surface area (Å²) < 4.78 is 6.30. The monoisotopic (exact) mass is 344 g/mol. The summed E-state index contributed by atoms with van der Waals surface area (Å²) in [7, 11) is 0. The van der Waals surface area contributed by atoms with Crippen molar-refractivity contribution < 1.29 is 20.1 Å². The Morgan fingerprint density at radius 1 is 1.25 bits per heavy atom. The fraction of sp³-hybridized carbons (Fsp3) is 0.714. The van der Waals surface area contributed by atoms with Crippen molar-refractivity contribution in [3.63, 3.8) is 0 Å². The number of aliphatic hydroxyl groups is 3. The molecule has 1 aliphatic rings. The van der Waals surface area contributed by atoms with Gasteiger partial charge in [-0.15, -0.1) is 0 Å². The van der Waals surface area contributed by atoms with Crippen LogP contribution in [0.5, 0.6) is 0 Å². The van der Waals surface area contributed by atoms with Crippen LogP contribution in [-0.4, -0.2) is 62.9 Å². The van der Waals surface area contributed by atoms with Crippen LogP contribution >= 0.6 is 0 Å². The maximum atomic E-state index is 12.0. The van der Waals surface area contributed by atoms with Gasteiger partial charge in [-0.25, -0.2) is 4.79 Å². The molecule has 0 spiro atoms. The molecule has 0 saturated carbocycles. The average molecular weight is 344 g/mol. The Labute approximate surface area is 137 Å². The largest absolute Gasteiger partial charge is 0.394 e. The molecule has 24 heavy (non-hydrogen) atoms. The van der Waals surface area contributed by atoms with Crippen molar-refractivity contribution in [2.24, 2.45) is 5.73 Å². The van der Waals surface area contributed by atoms with E-state index in [-0.39, 0.29) is 5.69 Å². The lowest BCUT2D eigenvalue weighted by molar-refractivity contribution is -0.0549. The van der Waals surface area contributed by atoms with Gasteiger partial charge in [-0.2, -0.15) is 0 Å². The number of anilines is 1. The predicted octanol–water partition coefficient (Wildman–Crippen LogP) is -2.31. The molecular formula is C14H24N4O6. The van der Waals surface area contributed by atoms with Crippen molar-refractivity contribution in [2.75, 3.05) is 25.0 Å². The number of H-pyrrole nitrogens is 1. The van der Waals surface area contributed by atoms with E-state index >= 15 is 0 Å². The summed E-state index contributed by atoms with van der Waals surface area (Å²) in [6.07, 6.45) is -1.07. The Hall–Kier alpha value is -1.72. The molecule has 1 aliphatic heterocycles. The zero-order chi connectivity index (χ0) is 17.7. The zero-order valence-electron chi connectivity index (χ0n) is 13.2. The van der Waals surface area contributed by atoms with Gasteiger partial charge in [0.25, 0.3) is 5.56 Å². The second kappa shape index (κ2) is 8.40. The normalized spacial score (nSPS) is 26.7. The Morgan fingerprint density at radius 3 is 2.62 bits per heavy atom. The van der Waals surface area contributed by atoms with Gasteiger partial charge in [-0.1, -0.05) is 6.42 Å². The number of hydrogen-bond donors (Lipinski definition) is 6. The van der Waals surface area contributed by atoms with Crippen LogP contribution in [0.2, 0.25) is 0 Å². The number of nitrogens with one attached hydrogen (secondary N) is 2. The second-order valence-electron chi connectivity index (χ2n) is 5.71. The standard InChI is InChI=1S/C14H24N4O6/c15-4-2-1-3-5-16-8-6-18(14(23)17-12(8)22)13-11(21)10(20)9(7-19)24-13/h6,9-11,13,16,19-21H,1-5,7,15H2,(H,17,22,23)/t9-,10-,11-,13-/m1/s1. The van der Waals surface area contributed by atoms with Gasteiger partial charge >= 0.3 is 5.69 Å². The van der Waals surface area contributed by atoms with Crippen LogP contribution in [-0.2, 0) is 4.74 Å². The summed E-state index contributed by atoms with van der Waals surface area (Å²) in [6, 6.07) is 0. The van der Waals surface area contributed by atoms with E-state index in [4.69, 9.17) is 15.6 Å². The third-order valence-electron chi connectivity index (χ3n) is 3.96. The first-order valence-electron chi connectivity index (χ1n) is 7.91. The summed E-state index contributed by atoms with van der Waals surface area (Å²) in [5, 5.41) is 31.8. The van der Waals surface area contributed by atoms with Gasteiger partial charge in [0, 0.05) is 12.7 Å². The fourth-order valence-corrected chi connectivity index (χ4v) is 2.58. The number of aromatic amines is 1. The topological polar surface area (TPSA) is 163 Å². The molecule has 2 rings (SSSR count). The molecule has 0 aliphatic carbocycles. The van der Waals surface area contributed by atoms with E-state index in [1.807, 2.05) is 0 Å². The minimum atomic E-state index is -1.40. The van der Waals surface area contributed by atoms with Crippen LogP contribution in [0, 0.1) is 0 Å². The molecule has 136 valence electrons. The number of nitrogens with two attached hydrogens (primary N) is 1. The van der Waals surface area contributed by atoms with Crippen molar-refractivity contribution in [3.05, 3.63) is 27.0 Å². The summed E-state index contributed by atoms with van der Waals surface area (Å²) in [5.41, 5.74) is 4.21. The summed E-state index contributed by atoms with van der Waals surface area (Å²) in [4.78, 5) is 26.0. The lowest BCUT2D eigenvalue weighted by Gasteiger charge is -2.18. The zero-order valence-corrected chi connectivity index (χ0v) is 13.2. The first-order chi connectivity index (χ1) is 11.5. The van der Waals surface area contributed by atoms with Gasteiger partial charge in [0.1, 0.15) is 24.0 Å². The molecule has 0 bridgehead atoms. The van der Waals surface area contributed by atoms with Crippen molar-refractivity contribution >= 4 is 5.69 Å². The third-order valence-corrected chi connectivity index (χ3v) is 3.96. The van der Waals surface area contributed by atoms with Gasteiger partial charge in [0.15, 0.2) is 6.23 Å². The quantitative estimate of drug-likeness (QED) is 0.286. The Balaban J connectivity index is 2.15. The lowest BCUT2D eigenvalue weighted by atomic mass is 10.1. The third kappa shape index (κ3) is 4.02. The van der Waals surface area contributed by atoms with E-state index in [0.717, 1.165) is 23.8 Å². The van der Waals surface area contributed by atoms with E-state index in [0.29, 0.717) is 13.1 Å². The van der Waals surface area contributed by atoms with Crippen molar-refractivity contribution in [2.45, 2.75) is 43.8 Å².